The van der Waals surface area contributed by atoms with Gasteiger partial charge >= 0.3 is 6.18 Å². The van der Waals surface area contributed by atoms with Crippen molar-refractivity contribution in [3.8, 4) is 0 Å². The minimum absolute atomic E-state index is 0.00559. The van der Waals surface area contributed by atoms with Crippen LogP contribution in [-0.4, -0.2) is 42.0 Å². The fraction of sp³-hybridized carbons (Fsp3) is 0.556. The molecule has 2 rings (SSSR count). The van der Waals surface area contributed by atoms with Gasteiger partial charge in [0.1, 0.15) is 0 Å². The molecule has 1 aliphatic carbocycles. The van der Waals surface area contributed by atoms with Crippen molar-refractivity contribution < 1.29 is 18.0 Å². The summed E-state index contributed by atoms with van der Waals surface area (Å²) in [5.74, 6) is -0.432. The van der Waals surface area contributed by atoms with Crippen LogP contribution in [0.4, 0.5) is 18.9 Å². The normalized spacial score (nSPS) is 20.7. The van der Waals surface area contributed by atoms with Crippen LogP contribution in [0.2, 0.25) is 0 Å². The summed E-state index contributed by atoms with van der Waals surface area (Å²) in [6.45, 7) is 1.24. The molecule has 144 valence electrons. The lowest BCUT2D eigenvalue weighted by Gasteiger charge is -2.37. The second kappa shape index (κ2) is 8.35. The number of nitrogens with zero attached hydrogens (tertiary/aromatic N) is 1. The summed E-state index contributed by atoms with van der Waals surface area (Å²) in [6.07, 6.45) is -0.299. The molecule has 4 nitrogen and oxygen atoms in total. The van der Waals surface area contributed by atoms with E-state index < -0.39 is 17.5 Å². The Hall–Kier alpha value is -1.67. The molecule has 1 fully saturated rings. The van der Waals surface area contributed by atoms with Crippen LogP contribution in [-0.2, 0) is 6.18 Å². The Labute approximate surface area is 157 Å². The maximum atomic E-state index is 13.1. The van der Waals surface area contributed by atoms with E-state index in [0.717, 1.165) is 37.8 Å². The van der Waals surface area contributed by atoms with Gasteiger partial charge in [-0.05, 0) is 64.3 Å². The van der Waals surface area contributed by atoms with E-state index in [1.54, 1.807) is 0 Å². The van der Waals surface area contributed by atoms with Crippen LogP contribution >= 0.6 is 12.2 Å². The maximum Gasteiger partial charge on any atom is 0.416 e. The third-order valence-corrected chi connectivity index (χ3v) is 4.85. The van der Waals surface area contributed by atoms with Gasteiger partial charge in [0.25, 0.3) is 0 Å². The summed E-state index contributed by atoms with van der Waals surface area (Å²) >= 11 is 5.30. The SMILES string of the molecule is CC(=O)c1cc(NC(=S)N[C@@H]2CCCC[C@H]2N(C)C)cc(C(F)(F)F)c1. The van der Waals surface area contributed by atoms with Crippen LogP contribution in [0.1, 0.15) is 48.5 Å². The zero-order valence-electron chi connectivity index (χ0n) is 15.1. The molecule has 0 spiro atoms. The predicted octanol–water partition coefficient (Wildman–Crippen LogP) is 4.07. The molecule has 0 saturated heterocycles. The van der Waals surface area contributed by atoms with Crippen molar-refractivity contribution in [2.75, 3.05) is 19.4 Å². The molecule has 1 aliphatic rings. The lowest BCUT2D eigenvalue weighted by molar-refractivity contribution is -0.137. The molecular formula is C18H24F3N3OS. The Balaban J connectivity index is 2.15. The number of nitrogens with one attached hydrogen (secondary N) is 2. The molecule has 0 unspecified atom stereocenters. The van der Waals surface area contributed by atoms with Gasteiger partial charge < -0.3 is 15.5 Å². The molecular weight excluding hydrogens is 363 g/mol. The molecule has 0 amide bonds. The molecule has 1 aromatic rings. The average Bonchev–Trinajstić information content (AvgIpc) is 2.53. The summed E-state index contributed by atoms with van der Waals surface area (Å²) in [5, 5.41) is 6.29. The van der Waals surface area contributed by atoms with Gasteiger partial charge in [0.2, 0.25) is 0 Å². The minimum Gasteiger partial charge on any atom is -0.358 e. The van der Waals surface area contributed by atoms with Crippen LogP contribution in [0.5, 0.6) is 0 Å². The topological polar surface area (TPSA) is 44.4 Å². The highest BCUT2D eigenvalue weighted by Gasteiger charge is 2.32. The van der Waals surface area contributed by atoms with E-state index in [4.69, 9.17) is 12.2 Å². The van der Waals surface area contributed by atoms with Crippen LogP contribution in [0.25, 0.3) is 0 Å². The fourth-order valence-corrected chi connectivity index (χ4v) is 3.57. The van der Waals surface area contributed by atoms with Gasteiger partial charge in [-0.1, -0.05) is 12.8 Å². The highest BCUT2D eigenvalue weighted by atomic mass is 32.1. The number of carbonyl (C=O) groups is 1. The number of hydrogen-bond acceptors (Lipinski definition) is 3. The Bertz CT molecular complexity index is 676. The van der Waals surface area contributed by atoms with Crippen LogP contribution in [0.3, 0.4) is 0 Å². The Morgan fingerprint density at radius 3 is 2.42 bits per heavy atom. The van der Waals surface area contributed by atoms with E-state index in [2.05, 4.69) is 15.5 Å². The molecule has 2 atom stereocenters. The third kappa shape index (κ3) is 5.41. The minimum atomic E-state index is -4.53. The zero-order valence-corrected chi connectivity index (χ0v) is 15.9. The van der Waals surface area contributed by atoms with E-state index in [9.17, 15) is 18.0 Å². The number of alkyl halides is 3. The van der Waals surface area contributed by atoms with E-state index >= 15 is 0 Å². The van der Waals surface area contributed by atoms with Crippen molar-refractivity contribution in [3.05, 3.63) is 29.3 Å². The van der Waals surface area contributed by atoms with Crippen LogP contribution < -0.4 is 10.6 Å². The second-order valence-electron chi connectivity index (χ2n) is 6.87. The predicted molar refractivity (Wildman–Crippen MR) is 101 cm³/mol. The van der Waals surface area contributed by atoms with Crippen molar-refractivity contribution >= 4 is 28.8 Å². The molecule has 26 heavy (non-hydrogen) atoms. The van der Waals surface area contributed by atoms with Crippen molar-refractivity contribution in [1.82, 2.24) is 10.2 Å². The molecule has 0 heterocycles. The van der Waals surface area contributed by atoms with E-state index in [1.807, 2.05) is 14.1 Å². The zero-order chi connectivity index (χ0) is 19.5. The van der Waals surface area contributed by atoms with Crippen molar-refractivity contribution in [2.45, 2.75) is 50.9 Å². The molecule has 1 saturated carbocycles. The summed E-state index contributed by atoms with van der Waals surface area (Å²) in [6, 6.07) is 3.66. The first-order valence-corrected chi connectivity index (χ1v) is 8.96. The number of rotatable bonds is 4. The largest absolute Gasteiger partial charge is 0.416 e. The number of benzene rings is 1. The Morgan fingerprint density at radius 2 is 1.85 bits per heavy atom. The highest BCUT2D eigenvalue weighted by molar-refractivity contribution is 7.80. The number of ketones is 1. The van der Waals surface area contributed by atoms with Gasteiger partial charge in [-0.25, -0.2) is 0 Å². The molecule has 0 aliphatic heterocycles. The number of anilines is 1. The van der Waals surface area contributed by atoms with E-state index in [0.29, 0.717) is 6.04 Å². The van der Waals surface area contributed by atoms with Gasteiger partial charge in [0, 0.05) is 23.3 Å². The summed E-state index contributed by atoms with van der Waals surface area (Å²) in [7, 11) is 4.01. The number of hydrogen-bond donors (Lipinski definition) is 2. The first-order valence-electron chi connectivity index (χ1n) is 8.55. The van der Waals surface area contributed by atoms with Gasteiger partial charge in [0.05, 0.1) is 5.56 Å². The lowest BCUT2D eigenvalue weighted by Crippen LogP contribution is -2.52. The molecule has 0 aromatic heterocycles. The van der Waals surface area contributed by atoms with Gasteiger partial charge in [0.15, 0.2) is 10.9 Å². The first-order chi connectivity index (χ1) is 12.1. The van der Waals surface area contributed by atoms with Crippen LogP contribution in [0.15, 0.2) is 18.2 Å². The molecule has 0 bridgehead atoms. The maximum absolute atomic E-state index is 13.1. The van der Waals surface area contributed by atoms with E-state index in [-0.39, 0.29) is 22.4 Å². The Morgan fingerprint density at radius 1 is 1.19 bits per heavy atom. The summed E-state index contributed by atoms with van der Waals surface area (Å²) in [4.78, 5) is 13.7. The Kier molecular flexibility index (Phi) is 6.63. The van der Waals surface area contributed by atoms with Crippen LogP contribution in [0, 0.1) is 0 Å². The average molecular weight is 387 g/mol. The smallest absolute Gasteiger partial charge is 0.358 e. The van der Waals surface area contributed by atoms with Crippen molar-refractivity contribution in [3.63, 3.8) is 0 Å². The molecule has 1 aromatic carbocycles. The fourth-order valence-electron chi connectivity index (χ4n) is 3.30. The first kappa shape index (κ1) is 20.6. The summed E-state index contributed by atoms with van der Waals surface area (Å²) in [5.41, 5.74) is -0.729. The number of likely N-dealkylation sites (N-methyl/N-ethyl adjacent to an activating group) is 1. The lowest BCUT2D eigenvalue weighted by atomic mass is 9.90. The number of Topliss-reactive ketones (excluding diaryl/α,β-unsaturated/α-hetero) is 1. The number of halogens is 3. The quantitative estimate of drug-likeness (QED) is 0.602. The molecule has 8 heteroatoms. The van der Waals surface area contributed by atoms with Gasteiger partial charge in [-0.3, -0.25) is 4.79 Å². The second-order valence-corrected chi connectivity index (χ2v) is 7.28. The number of thiocarbonyl (C=S) groups is 1. The van der Waals surface area contributed by atoms with Crippen molar-refractivity contribution in [1.29, 1.82) is 0 Å². The van der Waals surface area contributed by atoms with Gasteiger partial charge in [-0.15, -0.1) is 0 Å². The standard InChI is InChI=1S/C18H24F3N3OS/c1-11(25)12-8-13(18(19,20)21)10-14(9-12)22-17(26)23-15-6-4-5-7-16(15)24(2)3/h8-10,15-16H,4-7H2,1-3H3,(H2,22,23,26)/t15-,16-/m1/s1. The highest BCUT2D eigenvalue weighted by Crippen LogP contribution is 2.32. The van der Waals surface area contributed by atoms with Gasteiger partial charge in [-0.2, -0.15) is 13.2 Å². The molecule has 2 N–H and O–H groups in total. The monoisotopic (exact) mass is 387 g/mol. The molecule has 0 radical (unpaired) electrons. The summed E-state index contributed by atoms with van der Waals surface area (Å²) < 4.78 is 39.2. The van der Waals surface area contributed by atoms with Crippen molar-refractivity contribution in [2.24, 2.45) is 0 Å². The third-order valence-electron chi connectivity index (χ3n) is 4.63. The van der Waals surface area contributed by atoms with E-state index in [1.165, 1.54) is 13.0 Å². The number of carbonyl (C=O) groups excluding carboxylic acids is 1.